The summed E-state index contributed by atoms with van der Waals surface area (Å²) in [6, 6.07) is 14.6. The Balaban J connectivity index is 1.57. The van der Waals surface area contributed by atoms with E-state index in [1.54, 1.807) is 0 Å². The van der Waals surface area contributed by atoms with Gasteiger partial charge in [-0.2, -0.15) is 0 Å². The van der Waals surface area contributed by atoms with Crippen LogP contribution in [0, 0.1) is 5.92 Å². The average Bonchev–Trinajstić information content (AvgIpc) is 3.63. The number of amides is 2. The van der Waals surface area contributed by atoms with Crippen LogP contribution in [-0.2, 0) is 17.8 Å². The minimum Gasteiger partial charge on any atom is -0.366 e. The topological polar surface area (TPSA) is 61.4 Å². The molecule has 1 atom stereocenters. The SMILES string of the molecule is CCCCC(CC)C(=O)Nc1ccc(N2CCc3ccccc3C2)c(C(=O)NC2CC2)c1. The van der Waals surface area contributed by atoms with Crippen LogP contribution in [0.3, 0.4) is 0 Å². The Morgan fingerprint density at radius 3 is 2.59 bits per heavy atom. The molecule has 1 saturated carbocycles. The molecule has 0 aromatic heterocycles. The maximum Gasteiger partial charge on any atom is 0.253 e. The summed E-state index contributed by atoms with van der Waals surface area (Å²) in [5.74, 6) is 0.0154. The van der Waals surface area contributed by atoms with Crippen LogP contribution in [0.1, 0.15) is 73.9 Å². The van der Waals surface area contributed by atoms with Crippen molar-refractivity contribution in [1.29, 1.82) is 0 Å². The van der Waals surface area contributed by atoms with Crippen molar-refractivity contribution < 1.29 is 9.59 Å². The molecule has 2 amide bonds. The Morgan fingerprint density at radius 2 is 1.88 bits per heavy atom. The lowest BCUT2D eigenvalue weighted by Gasteiger charge is -2.32. The molecule has 1 fully saturated rings. The summed E-state index contributed by atoms with van der Waals surface area (Å²) < 4.78 is 0. The van der Waals surface area contributed by atoms with Crippen LogP contribution < -0.4 is 15.5 Å². The number of nitrogens with one attached hydrogen (secondary N) is 2. The standard InChI is InChI=1S/C27H35N3O2/c1-3-5-8-19(4-2)26(31)29-23-13-14-25(24(17-23)27(32)28-22-11-12-22)30-16-15-20-9-6-7-10-21(20)18-30/h6-7,9-10,13-14,17,19,22H,3-5,8,11-12,15-16,18H2,1-2H3,(H,28,32)(H,29,31). The lowest BCUT2D eigenvalue weighted by Crippen LogP contribution is -2.34. The monoisotopic (exact) mass is 433 g/mol. The van der Waals surface area contributed by atoms with E-state index in [9.17, 15) is 9.59 Å². The molecule has 5 heteroatoms. The molecule has 2 aromatic rings. The Labute approximate surface area is 191 Å². The zero-order chi connectivity index (χ0) is 22.5. The summed E-state index contributed by atoms with van der Waals surface area (Å²) in [7, 11) is 0. The number of hydrogen-bond acceptors (Lipinski definition) is 3. The summed E-state index contributed by atoms with van der Waals surface area (Å²) >= 11 is 0. The molecule has 0 radical (unpaired) electrons. The third-order valence-electron chi connectivity index (χ3n) is 6.66. The second-order valence-corrected chi connectivity index (χ2v) is 9.16. The van der Waals surface area contributed by atoms with Gasteiger partial charge in [0.1, 0.15) is 0 Å². The van der Waals surface area contributed by atoms with Gasteiger partial charge in [0.25, 0.3) is 5.91 Å². The van der Waals surface area contributed by atoms with E-state index in [4.69, 9.17) is 0 Å². The predicted molar refractivity (Wildman–Crippen MR) is 130 cm³/mol. The molecule has 1 aliphatic carbocycles. The summed E-state index contributed by atoms with van der Waals surface area (Å²) in [6.07, 6.45) is 6.92. The number of benzene rings is 2. The van der Waals surface area contributed by atoms with Crippen molar-refractivity contribution in [3.05, 3.63) is 59.2 Å². The largest absolute Gasteiger partial charge is 0.366 e. The Kier molecular flexibility index (Phi) is 7.13. The number of unbranched alkanes of at least 4 members (excludes halogenated alkanes) is 1. The molecule has 2 N–H and O–H groups in total. The van der Waals surface area contributed by atoms with E-state index in [1.807, 2.05) is 18.2 Å². The highest BCUT2D eigenvalue weighted by Gasteiger charge is 2.27. The van der Waals surface area contributed by atoms with E-state index in [2.05, 4.69) is 53.6 Å². The minimum atomic E-state index is -0.0458. The summed E-state index contributed by atoms with van der Waals surface area (Å²) in [4.78, 5) is 28.2. The fourth-order valence-electron chi connectivity index (χ4n) is 4.48. The van der Waals surface area contributed by atoms with Gasteiger partial charge in [-0.3, -0.25) is 9.59 Å². The first-order valence-electron chi connectivity index (χ1n) is 12.2. The smallest absolute Gasteiger partial charge is 0.253 e. The molecule has 32 heavy (non-hydrogen) atoms. The van der Waals surface area contributed by atoms with Gasteiger partial charge in [0, 0.05) is 36.4 Å². The van der Waals surface area contributed by atoms with Crippen LogP contribution in [0.25, 0.3) is 0 Å². The van der Waals surface area contributed by atoms with Gasteiger partial charge in [-0.05, 0) is 61.4 Å². The summed E-state index contributed by atoms with van der Waals surface area (Å²) in [5, 5.41) is 6.21. The fourth-order valence-corrected chi connectivity index (χ4v) is 4.48. The van der Waals surface area contributed by atoms with Gasteiger partial charge in [-0.25, -0.2) is 0 Å². The predicted octanol–water partition coefficient (Wildman–Crippen LogP) is 5.30. The van der Waals surface area contributed by atoms with Gasteiger partial charge >= 0.3 is 0 Å². The molecule has 2 aliphatic rings. The Bertz CT molecular complexity index is 967. The van der Waals surface area contributed by atoms with E-state index >= 15 is 0 Å². The number of hydrogen-bond donors (Lipinski definition) is 2. The normalized spacial score (nSPS) is 16.2. The van der Waals surface area contributed by atoms with Gasteiger partial charge in [-0.15, -0.1) is 0 Å². The Hall–Kier alpha value is -2.82. The number of rotatable bonds is 9. The van der Waals surface area contributed by atoms with Gasteiger partial charge in [0.15, 0.2) is 0 Å². The molecule has 0 saturated heterocycles. The number of fused-ring (bicyclic) bond motifs is 1. The van der Waals surface area contributed by atoms with Crippen LogP contribution in [-0.4, -0.2) is 24.4 Å². The molecule has 0 bridgehead atoms. The molecule has 170 valence electrons. The molecule has 2 aromatic carbocycles. The van der Waals surface area contributed by atoms with Crippen molar-refractivity contribution in [3.8, 4) is 0 Å². The zero-order valence-corrected chi connectivity index (χ0v) is 19.3. The van der Waals surface area contributed by atoms with Crippen LogP contribution in [0.15, 0.2) is 42.5 Å². The number of anilines is 2. The van der Waals surface area contributed by atoms with Crippen molar-refractivity contribution in [2.75, 3.05) is 16.8 Å². The van der Waals surface area contributed by atoms with Crippen molar-refractivity contribution in [1.82, 2.24) is 5.32 Å². The van der Waals surface area contributed by atoms with E-state index < -0.39 is 0 Å². The maximum atomic E-state index is 13.1. The van der Waals surface area contributed by atoms with E-state index in [0.29, 0.717) is 11.3 Å². The molecule has 5 nitrogen and oxygen atoms in total. The van der Waals surface area contributed by atoms with Gasteiger partial charge in [-0.1, -0.05) is 51.0 Å². The highest BCUT2D eigenvalue weighted by molar-refractivity contribution is 6.02. The van der Waals surface area contributed by atoms with Gasteiger partial charge < -0.3 is 15.5 Å². The maximum absolute atomic E-state index is 13.1. The highest BCUT2D eigenvalue weighted by atomic mass is 16.2. The molecule has 1 heterocycles. The molecular weight excluding hydrogens is 398 g/mol. The van der Waals surface area contributed by atoms with Crippen molar-refractivity contribution >= 4 is 23.2 Å². The second-order valence-electron chi connectivity index (χ2n) is 9.16. The Morgan fingerprint density at radius 1 is 1.09 bits per heavy atom. The minimum absolute atomic E-state index is 0.0111. The van der Waals surface area contributed by atoms with Crippen LogP contribution in [0.4, 0.5) is 11.4 Å². The number of carbonyl (C=O) groups is 2. The highest BCUT2D eigenvalue weighted by Crippen LogP contribution is 2.31. The second kappa shape index (κ2) is 10.2. The number of nitrogens with zero attached hydrogens (tertiary/aromatic N) is 1. The molecule has 1 aliphatic heterocycles. The first-order valence-corrected chi connectivity index (χ1v) is 12.2. The summed E-state index contributed by atoms with van der Waals surface area (Å²) in [6.45, 7) is 5.88. The van der Waals surface area contributed by atoms with E-state index in [-0.39, 0.29) is 23.8 Å². The van der Waals surface area contributed by atoms with Crippen LogP contribution in [0.2, 0.25) is 0 Å². The molecule has 4 rings (SSSR count). The van der Waals surface area contributed by atoms with Crippen molar-refractivity contribution in [3.63, 3.8) is 0 Å². The first-order chi connectivity index (χ1) is 15.6. The number of carbonyl (C=O) groups excluding carboxylic acids is 2. The third kappa shape index (κ3) is 5.32. The average molecular weight is 434 g/mol. The third-order valence-corrected chi connectivity index (χ3v) is 6.66. The lowest BCUT2D eigenvalue weighted by molar-refractivity contribution is -0.120. The van der Waals surface area contributed by atoms with Gasteiger partial charge in [0.05, 0.1) is 5.56 Å². The van der Waals surface area contributed by atoms with E-state index in [1.165, 1.54) is 11.1 Å². The van der Waals surface area contributed by atoms with Crippen molar-refractivity contribution in [2.24, 2.45) is 5.92 Å². The quantitative estimate of drug-likeness (QED) is 0.564. The van der Waals surface area contributed by atoms with Crippen molar-refractivity contribution in [2.45, 2.75) is 71.4 Å². The molecular formula is C27H35N3O2. The van der Waals surface area contributed by atoms with Gasteiger partial charge in [0.2, 0.25) is 5.91 Å². The fraction of sp³-hybridized carbons (Fsp3) is 0.481. The lowest BCUT2D eigenvalue weighted by atomic mass is 9.97. The van der Waals surface area contributed by atoms with Crippen LogP contribution >= 0.6 is 0 Å². The summed E-state index contributed by atoms with van der Waals surface area (Å²) in [5.41, 5.74) is 4.98. The molecule has 0 spiro atoms. The zero-order valence-electron chi connectivity index (χ0n) is 19.3. The van der Waals surface area contributed by atoms with E-state index in [0.717, 1.165) is 63.7 Å². The van der Waals surface area contributed by atoms with Crippen LogP contribution in [0.5, 0.6) is 0 Å². The first kappa shape index (κ1) is 22.4. The molecule has 1 unspecified atom stereocenters.